The van der Waals surface area contributed by atoms with E-state index in [9.17, 15) is 9.18 Å². The van der Waals surface area contributed by atoms with Crippen LogP contribution >= 0.6 is 0 Å². The van der Waals surface area contributed by atoms with Gasteiger partial charge in [0.15, 0.2) is 0 Å². The Kier molecular flexibility index (Phi) is 4.19. The van der Waals surface area contributed by atoms with Gasteiger partial charge in [-0.15, -0.1) is 0 Å². The number of benzene rings is 1. The summed E-state index contributed by atoms with van der Waals surface area (Å²) >= 11 is 0. The third-order valence-corrected chi connectivity index (χ3v) is 4.55. The molecule has 4 heteroatoms. The zero-order chi connectivity index (χ0) is 15.7. The molecule has 118 valence electrons. The number of hydrogen-bond donors (Lipinski definition) is 1. The normalized spacial score (nSPS) is 16.6. The summed E-state index contributed by atoms with van der Waals surface area (Å²) in [6.45, 7) is 5.81. The van der Waals surface area contributed by atoms with Crippen LogP contribution in [0, 0.1) is 11.7 Å². The van der Waals surface area contributed by atoms with Crippen molar-refractivity contribution in [1.29, 1.82) is 0 Å². The molecule has 0 atom stereocenters. The third-order valence-electron chi connectivity index (χ3n) is 4.55. The zero-order valence-corrected chi connectivity index (χ0v) is 13.2. The average molecular weight is 302 g/mol. The second-order valence-corrected chi connectivity index (χ2v) is 6.69. The Hall–Kier alpha value is -1.84. The smallest absolute Gasteiger partial charge is 0.222 e. The maximum Gasteiger partial charge on any atom is 0.222 e. The number of halogens is 1. The van der Waals surface area contributed by atoms with E-state index < -0.39 is 0 Å². The van der Waals surface area contributed by atoms with Crippen LogP contribution < -0.4 is 0 Å². The number of carbonyl (C=O) groups excluding carboxylic acids is 1. The highest BCUT2D eigenvalue weighted by atomic mass is 19.1. The van der Waals surface area contributed by atoms with E-state index in [0.717, 1.165) is 36.8 Å². The molecule has 0 radical (unpaired) electrons. The standard InChI is InChI=1S/C18H23FN2O/c1-12(2)9-18(22)21-7-5-13(6-8-21)16-11-20-17-10-14(19)3-4-15(16)17/h3-4,10-13,20H,5-9H2,1-2H3. The second kappa shape index (κ2) is 6.11. The number of hydrogen-bond acceptors (Lipinski definition) is 1. The highest BCUT2D eigenvalue weighted by Crippen LogP contribution is 2.33. The Balaban J connectivity index is 1.69. The van der Waals surface area contributed by atoms with E-state index in [1.165, 1.54) is 11.6 Å². The van der Waals surface area contributed by atoms with Gasteiger partial charge >= 0.3 is 0 Å². The van der Waals surface area contributed by atoms with Crippen LogP contribution in [-0.2, 0) is 4.79 Å². The van der Waals surface area contributed by atoms with E-state index in [4.69, 9.17) is 0 Å². The summed E-state index contributed by atoms with van der Waals surface area (Å²) in [5, 5.41) is 1.10. The molecule has 1 aromatic heterocycles. The van der Waals surface area contributed by atoms with Gasteiger partial charge in [-0.2, -0.15) is 0 Å². The number of H-pyrrole nitrogens is 1. The van der Waals surface area contributed by atoms with Crippen molar-refractivity contribution in [2.24, 2.45) is 5.92 Å². The monoisotopic (exact) mass is 302 g/mol. The van der Waals surface area contributed by atoms with Crippen LogP contribution in [0.25, 0.3) is 10.9 Å². The van der Waals surface area contributed by atoms with Gasteiger partial charge in [0.25, 0.3) is 0 Å². The molecule has 0 bridgehead atoms. The highest BCUT2D eigenvalue weighted by Gasteiger charge is 2.25. The van der Waals surface area contributed by atoms with Gasteiger partial charge in [0.1, 0.15) is 5.82 Å². The molecular formula is C18H23FN2O. The Labute approximate surface area is 130 Å². The number of fused-ring (bicyclic) bond motifs is 1. The first-order chi connectivity index (χ1) is 10.5. The molecule has 2 heterocycles. The van der Waals surface area contributed by atoms with Crippen LogP contribution in [0.5, 0.6) is 0 Å². The largest absolute Gasteiger partial charge is 0.361 e. The van der Waals surface area contributed by atoms with Gasteiger partial charge in [-0.05, 0) is 48.4 Å². The van der Waals surface area contributed by atoms with E-state index in [2.05, 4.69) is 18.8 Å². The van der Waals surface area contributed by atoms with Crippen LogP contribution in [-0.4, -0.2) is 28.9 Å². The van der Waals surface area contributed by atoms with Crippen molar-refractivity contribution in [2.75, 3.05) is 13.1 Å². The minimum absolute atomic E-state index is 0.213. The summed E-state index contributed by atoms with van der Waals surface area (Å²) in [5.74, 6) is 0.917. The highest BCUT2D eigenvalue weighted by molar-refractivity contribution is 5.84. The fraction of sp³-hybridized carbons (Fsp3) is 0.500. The van der Waals surface area contributed by atoms with Gasteiger partial charge < -0.3 is 9.88 Å². The Bertz CT molecular complexity index is 669. The minimum Gasteiger partial charge on any atom is -0.361 e. The average Bonchev–Trinajstić information content (AvgIpc) is 2.89. The van der Waals surface area contributed by atoms with Crippen LogP contribution in [0.2, 0.25) is 0 Å². The summed E-state index contributed by atoms with van der Waals surface area (Å²) < 4.78 is 13.3. The number of amides is 1. The van der Waals surface area contributed by atoms with Crippen LogP contribution in [0.3, 0.4) is 0 Å². The topological polar surface area (TPSA) is 36.1 Å². The second-order valence-electron chi connectivity index (χ2n) is 6.69. The number of rotatable bonds is 3. The lowest BCUT2D eigenvalue weighted by Crippen LogP contribution is -2.38. The molecule has 3 rings (SSSR count). The van der Waals surface area contributed by atoms with Crippen molar-refractivity contribution in [3.63, 3.8) is 0 Å². The molecule has 0 spiro atoms. The Morgan fingerprint density at radius 1 is 1.36 bits per heavy atom. The predicted octanol–water partition coefficient (Wildman–Crippen LogP) is 4.06. The molecule has 1 aliphatic rings. The van der Waals surface area contributed by atoms with Crippen molar-refractivity contribution in [2.45, 2.75) is 39.0 Å². The first-order valence-electron chi connectivity index (χ1n) is 8.09. The first kappa shape index (κ1) is 15.1. The summed E-state index contributed by atoms with van der Waals surface area (Å²) in [4.78, 5) is 17.3. The van der Waals surface area contributed by atoms with Crippen LogP contribution in [0.1, 0.15) is 44.6 Å². The van der Waals surface area contributed by atoms with E-state index in [-0.39, 0.29) is 11.7 Å². The summed E-state index contributed by atoms with van der Waals surface area (Å²) in [6, 6.07) is 4.91. The maximum absolute atomic E-state index is 13.3. The molecule has 1 N–H and O–H groups in total. The number of aromatic nitrogens is 1. The summed E-state index contributed by atoms with van der Waals surface area (Å²) in [6.07, 6.45) is 4.60. The fourth-order valence-corrected chi connectivity index (χ4v) is 3.38. The van der Waals surface area contributed by atoms with Crippen molar-refractivity contribution < 1.29 is 9.18 Å². The van der Waals surface area contributed by atoms with Gasteiger partial charge in [0.05, 0.1) is 0 Å². The molecule has 1 aliphatic heterocycles. The molecule has 3 nitrogen and oxygen atoms in total. The van der Waals surface area contributed by atoms with E-state index in [1.807, 2.05) is 17.2 Å². The number of aromatic amines is 1. The van der Waals surface area contributed by atoms with Gasteiger partial charge in [-0.1, -0.05) is 13.8 Å². The van der Waals surface area contributed by atoms with Crippen molar-refractivity contribution >= 4 is 16.8 Å². The van der Waals surface area contributed by atoms with E-state index in [0.29, 0.717) is 18.3 Å². The van der Waals surface area contributed by atoms with E-state index >= 15 is 0 Å². The SMILES string of the molecule is CC(C)CC(=O)N1CCC(c2c[nH]c3cc(F)ccc23)CC1. The number of nitrogens with one attached hydrogen (secondary N) is 1. The summed E-state index contributed by atoms with van der Waals surface area (Å²) in [5.41, 5.74) is 2.11. The van der Waals surface area contributed by atoms with Gasteiger partial charge in [-0.3, -0.25) is 4.79 Å². The van der Waals surface area contributed by atoms with Gasteiger partial charge in [0, 0.05) is 36.6 Å². The lowest BCUT2D eigenvalue weighted by molar-refractivity contribution is -0.133. The maximum atomic E-state index is 13.3. The van der Waals surface area contributed by atoms with Gasteiger partial charge in [-0.25, -0.2) is 4.39 Å². The quantitative estimate of drug-likeness (QED) is 0.912. The molecule has 1 aromatic carbocycles. The van der Waals surface area contributed by atoms with Crippen molar-refractivity contribution in [3.05, 3.63) is 35.8 Å². The molecule has 1 amide bonds. The van der Waals surface area contributed by atoms with E-state index in [1.54, 1.807) is 6.07 Å². The van der Waals surface area contributed by atoms with Crippen LogP contribution in [0.4, 0.5) is 4.39 Å². The minimum atomic E-state index is -0.213. The Morgan fingerprint density at radius 3 is 2.77 bits per heavy atom. The number of carbonyl (C=O) groups is 1. The van der Waals surface area contributed by atoms with Crippen LogP contribution in [0.15, 0.2) is 24.4 Å². The molecule has 0 saturated carbocycles. The first-order valence-corrected chi connectivity index (χ1v) is 8.09. The summed E-state index contributed by atoms with van der Waals surface area (Å²) in [7, 11) is 0. The zero-order valence-electron chi connectivity index (χ0n) is 13.2. The van der Waals surface area contributed by atoms with Crippen molar-refractivity contribution in [3.8, 4) is 0 Å². The lowest BCUT2D eigenvalue weighted by Gasteiger charge is -2.32. The number of likely N-dealkylation sites (tertiary alicyclic amines) is 1. The Morgan fingerprint density at radius 2 is 2.09 bits per heavy atom. The molecule has 2 aromatic rings. The molecule has 1 saturated heterocycles. The van der Waals surface area contributed by atoms with Gasteiger partial charge in [0.2, 0.25) is 5.91 Å². The molecule has 22 heavy (non-hydrogen) atoms. The predicted molar refractivity (Wildman–Crippen MR) is 86.3 cm³/mol. The van der Waals surface area contributed by atoms with Crippen molar-refractivity contribution in [1.82, 2.24) is 9.88 Å². The number of piperidine rings is 1. The number of nitrogens with zero attached hydrogens (tertiary/aromatic N) is 1. The third kappa shape index (κ3) is 3.01. The fourth-order valence-electron chi connectivity index (χ4n) is 3.38. The molecular weight excluding hydrogens is 279 g/mol. The molecule has 0 aliphatic carbocycles. The molecule has 1 fully saturated rings. The molecule has 0 unspecified atom stereocenters. The lowest BCUT2D eigenvalue weighted by atomic mass is 9.89.